The molecular weight excluding hydrogens is 234 g/mol. The smallest absolute Gasteiger partial charge is 0.202 e. The molecule has 0 unspecified atom stereocenters. The van der Waals surface area contributed by atoms with E-state index < -0.39 is 0 Å². The van der Waals surface area contributed by atoms with Gasteiger partial charge < -0.3 is 9.88 Å². The number of anilines is 1. The highest BCUT2D eigenvalue weighted by molar-refractivity contribution is 7.09. The second-order valence-electron chi connectivity index (χ2n) is 3.90. The highest BCUT2D eigenvalue weighted by Gasteiger charge is 2.03. The molecule has 0 amide bonds. The Bertz CT molecular complexity index is 462. The van der Waals surface area contributed by atoms with Crippen molar-refractivity contribution in [3.8, 4) is 0 Å². The zero-order valence-corrected chi connectivity index (χ0v) is 11.0. The summed E-state index contributed by atoms with van der Waals surface area (Å²) in [4.78, 5) is 8.68. The van der Waals surface area contributed by atoms with Crippen molar-refractivity contribution in [3.63, 3.8) is 0 Å². The summed E-state index contributed by atoms with van der Waals surface area (Å²) in [7, 11) is 2.01. The van der Waals surface area contributed by atoms with Gasteiger partial charge >= 0.3 is 0 Å². The van der Waals surface area contributed by atoms with Crippen LogP contribution in [0.2, 0.25) is 0 Å². The van der Waals surface area contributed by atoms with Crippen LogP contribution in [0.5, 0.6) is 0 Å². The van der Waals surface area contributed by atoms with Crippen molar-refractivity contribution in [2.24, 2.45) is 7.05 Å². The predicted molar refractivity (Wildman–Crippen MR) is 69.3 cm³/mol. The molecule has 17 heavy (non-hydrogen) atoms. The minimum atomic E-state index is 0.839. The summed E-state index contributed by atoms with van der Waals surface area (Å²) in [5.74, 6) is 2.02. The van der Waals surface area contributed by atoms with E-state index in [1.54, 1.807) is 0 Å². The van der Waals surface area contributed by atoms with Gasteiger partial charge in [-0.2, -0.15) is 4.37 Å². The SMILES string of the molecule is CCCc1nsc(NCCc2nccn2C)n1. The molecule has 0 aliphatic rings. The molecule has 2 rings (SSSR count). The second kappa shape index (κ2) is 5.77. The fraction of sp³-hybridized carbons (Fsp3) is 0.545. The van der Waals surface area contributed by atoms with E-state index in [-0.39, 0.29) is 0 Å². The van der Waals surface area contributed by atoms with Crippen molar-refractivity contribution in [2.45, 2.75) is 26.2 Å². The van der Waals surface area contributed by atoms with Gasteiger partial charge in [0.2, 0.25) is 5.13 Å². The van der Waals surface area contributed by atoms with Crippen molar-refractivity contribution in [2.75, 3.05) is 11.9 Å². The summed E-state index contributed by atoms with van der Waals surface area (Å²) in [6.07, 6.45) is 6.71. The third-order valence-corrected chi connectivity index (χ3v) is 3.20. The summed E-state index contributed by atoms with van der Waals surface area (Å²) in [5.41, 5.74) is 0. The molecule has 0 radical (unpaired) electrons. The van der Waals surface area contributed by atoms with Crippen molar-refractivity contribution in [3.05, 3.63) is 24.0 Å². The molecule has 0 saturated carbocycles. The molecule has 0 saturated heterocycles. The Labute approximate surface area is 105 Å². The van der Waals surface area contributed by atoms with Gasteiger partial charge in [0, 0.05) is 50.4 Å². The summed E-state index contributed by atoms with van der Waals surface area (Å²) in [6.45, 7) is 2.97. The lowest BCUT2D eigenvalue weighted by Gasteiger charge is -2.02. The number of imidazole rings is 1. The average Bonchev–Trinajstić information content (AvgIpc) is 2.90. The predicted octanol–water partition coefficient (Wildman–Crippen LogP) is 1.88. The first kappa shape index (κ1) is 12.0. The van der Waals surface area contributed by atoms with Crippen LogP contribution in [0.4, 0.5) is 5.13 Å². The second-order valence-corrected chi connectivity index (χ2v) is 4.65. The first-order chi connectivity index (χ1) is 8.29. The molecule has 0 fully saturated rings. The van der Waals surface area contributed by atoms with Crippen LogP contribution in [0, 0.1) is 0 Å². The quantitative estimate of drug-likeness (QED) is 0.851. The van der Waals surface area contributed by atoms with Gasteiger partial charge in [0.15, 0.2) is 0 Å². The number of hydrogen-bond donors (Lipinski definition) is 1. The van der Waals surface area contributed by atoms with Crippen LogP contribution < -0.4 is 5.32 Å². The van der Waals surface area contributed by atoms with Gasteiger partial charge in [-0.05, 0) is 6.42 Å². The third kappa shape index (κ3) is 3.26. The first-order valence-electron chi connectivity index (χ1n) is 5.82. The number of aryl methyl sites for hydroxylation is 2. The minimum Gasteiger partial charge on any atom is -0.360 e. The van der Waals surface area contributed by atoms with Crippen LogP contribution in [0.15, 0.2) is 12.4 Å². The molecule has 2 aromatic rings. The Hall–Kier alpha value is -1.43. The molecule has 0 atom stereocenters. The van der Waals surface area contributed by atoms with Gasteiger partial charge in [0.1, 0.15) is 11.6 Å². The van der Waals surface area contributed by atoms with Crippen molar-refractivity contribution in [1.29, 1.82) is 0 Å². The number of nitrogens with zero attached hydrogens (tertiary/aromatic N) is 4. The molecule has 0 aliphatic carbocycles. The Morgan fingerprint density at radius 2 is 2.29 bits per heavy atom. The van der Waals surface area contributed by atoms with Gasteiger partial charge in [-0.1, -0.05) is 6.92 Å². The Balaban J connectivity index is 1.80. The van der Waals surface area contributed by atoms with E-state index in [1.165, 1.54) is 11.5 Å². The van der Waals surface area contributed by atoms with Crippen molar-refractivity contribution < 1.29 is 0 Å². The summed E-state index contributed by atoms with van der Waals surface area (Å²) >= 11 is 1.43. The molecule has 5 nitrogen and oxygen atoms in total. The summed E-state index contributed by atoms with van der Waals surface area (Å²) in [5, 5.41) is 4.19. The van der Waals surface area contributed by atoms with Crippen LogP contribution in [0.25, 0.3) is 0 Å². The molecule has 0 aliphatic heterocycles. The normalized spacial score (nSPS) is 10.7. The minimum absolute atomic E-state index is 0.839. The molecule has 92 valence electrons. The number of hydrogen-bond acceptors (Lipinski definition) is 5. The van der Waals surface area contributed by atoms with Crippen LogP contribution in [0.3, 0.4) is 0 Å². The van der Waals surface area contributed by atoms with E-state index in [9.17, 15) is 0 Å². The van der Waals surface area contributed by atoms with Gasteiger partial charge in [-0.3, -0.25) is 0 Å². The maximum Gasteiger partial charge on any atom is 0.202 e. The van der Waals surface area contributed by atoms with Crippen LogP contribution in [-0.4, -0.2) is 25.5 Å². The maximum absolute atomic E-state index is 4.41. The monoisotopic (exact) mass is 251 g/mol. The number of aromatic nitrogens is 4. The molecule has 2 heterocycles. The van der Waals surface area contributed by atoms with Gasteiger partial charge in [-0.25, -0.2) is 9.97 Å². The number of rotatable bonds is 6. The van der Waals surface area contributed by atoms with Gasteiger partial charge in [0.25, 0.3) is 0 Å². The standard InChI is InChI=1S/C11H17N5S/c1-3-4-9-14-11(17-15-9)13-6-5-10-12-7-8-16(10)2/h7-8H,3-6H2,1-2H3,(H,13,14,15). The van der Waals surface area contributed by atoms with Crippen molar-refractivity contribution in [1.82, 2.24) is 18.9 Å². The highest BCUT2D eigenvalue weighted by atomic mass is 32.1. The topological polar surface area (TPSA) is 55.6 Å². The zero-order chi connectivity index (χ0) is 12.1. The van der Waals surface area contributed by atoms with Gasteiger partial charge in [0.05, 0.1) is 0 Å². The average molecular weight is 251 g/mol. The van der Waals surface area contributed by atoms with Crippen LogP contribution in [0.1, 0.15) is 25.0 Å². The fourth-order valence-corrected chi connectivity index (χ4v) is 2.21. The maximum atomic E-state index is 4.41. The van der Waals surface area contributed by atoms with Gasteiger partial charge in [-0.15, -0.1) is 0 Å². The molecule has 0 aromatic carbocycles. The van der Waals surface area contributed by atoms with E-state index in [0.717, 1.165) is 42.6 Å². The van der Waals surface area contributed by atoms with Crippen LogP contribution >= 0.6 is 11.5 Å². The molecule has 0 bridgehead atoms. The largest absolute Gasteiger partial charge is 0.360 e. The molecular formula is C11H17N5S. The molecule has 6 heteroatoms. The van der Waals surface area contributed by atoms with E-state index >= 15 is 0 Å². The fourth-order valence-electron chi connectivity index (χ4n) is 1.57. The van der Waals surface area contributed by atoms with E-state index in [1.807, 2.05) is 24.0 Å². The highest BCUT2D eigenvalue weighted by Crippen LogP contribution is 2.11. The third-order valence-electron chi connectivity index (χ3n) is 2.49. The van der Waals surface area contributed by atoms with E-state index in [0.29, 0.717) is 0 Å². The van der Waals surface area contributed by atoms with E-state index in [2.05, 4.69) is 26.6 Å². The Kier molecular flexibility index (Phi) is 4.08. The van der Waals surface area contributed by atoms with Crippen LogP contribution in [-0.2, 0) is 19.9 Å². The van der Waals surface area contributed by atoms with Crippen molar-refractivity contribution >= 4 is 16.7 Å². The van der Waals surface area contributed by atoms with E-state index in [4.69, 9.17) is 0 Å². The molecule has 1 N–H and O–H groups in total. The zero-order valence-electron chi connectivity index (χ0n) is 10.2. The molecule has 0 spiro atoms. The summed E-state index contributed by atoms with van der Waals surface area (Å²) < 4.78 is 6.32. The first-order valence-corrected chi connectivity index (χ1v) is 6.59. The summed E-state index contributed by atoms with van der Waals surface area (Å²) in [6, 6.07) is 0. The lowest BCUT2D eigenvalue weighted by atomic mass is 10.3. The Morgan fingerprint density at radius 3 is 3.00 bits per heavy atom. The Morgan fingerprint density at radius 1 is 1.41 bits per heavy atom. The molecule has 2 aromatic heterocycles. The lowest BCUT2D eigenvalue weighted by Crippen LogP contribution is -2.08. The number of nitrogens with one attached hydrogen (secondary N) is 1. The lowest BCUT2D eigenvalue weighted by molar-refractivity contribution is 0.788.